The molecule has 0 bridgehead atoms. The number of hydrogen-bond donors (Lipinski definition) is 4. The van der Waals surface area contributed by atoms with Crippen LogP contribution in [0.3, 0.4) is 0 Å². The molecule has 2 amide bonds. The number of hydrogen-bond acceptors (Lipinski definition) is 4. The van der Waals surface area contributed by atoms with Crippen molar-refractivity contribution in [3.8, 4) is 16.9 Å². The van der Waals surface area contributed by atoms with Crippen molar-refractivity contribution in [2.45, 2.75) is 32.8 Å². The second-order valence-corrected chi connectivity index (χ2v) is 7.49. The van der Waals surface area contributed by atoms with Gasteiger partial charge in [0.15, 0.2) is 0 Å². The minimum Gasteiger partial charge on any atom is -0.493 e. The van der Waals surface area contributed by atoms with E-state index < -0.39 is 6.09 Å². The fourth-order valence-corrected chi connectivity index (χ4v) is 3.56. The van der Waals surface area contributed by atoms with Crippen LogP contribution < -0.4 is 15.4 Å². The van der Waals surface area contributed by atoms with Gasteiger partial charge in [-0.3, -0.25) is 10.1 Å². The van der Waals surface area contributed by atoms with Crippen molar-refractivity contribution in [3.63, 3.8) is 0 Å². The summed E-state index contributed by atoms with van der Waals surface area (Å²) in [5, 5.41) is 23.9. The van der Waals surface area contributed by atoms with E-state index in [9.17, 15) is 19.8 Å². The molecule has 172 valence electrons. The molecule has 0 aliphatic heterocycles. The molecule has 0 saturated carbocycles. The highest BCUT2D eigenvalue weighted by Gasteiger charge is 2.11. The lowest BCUT2D eigenvalue weighted by atomic mass is 9.99. The van der Waals surface area contributed by atoms with Crippen molar-refractivity contribution in [1.29, 1.82) is 0 Å². The summed E-state index contributed by atoms with van der Waals surface area (Å²) in [7, 11) is 0. The first kappa shape index (κ1) is 23.8. The zero-order chi connectivity index (χ0) is 23.6. The van der Waals surface area contributed by atoms with E-state index in [0.29, 0.717) is 48.6 Å². The first-order chi connectivity index (χ1) is 16.0. The average molecular weight is 449 g/mol. The number of aliphatic hydroxyl groups excluding tert-OH is 1. The highest BCUT2D eigenvalue weighted by atomic mass is 16.5. The smallest absolute Gasteiger partial charge is 0.409 e. The van der Waals surface area contributed by atoms with E-state index in [1.165, 1.54) is 0 Å². The van der Waals surface area contributed by atoms with Gasteiger partial charge < -0.3 is 20.3 Å². The number of nitrogens with one attached hydrogen (secondary N) is 2. The first-order valence-corrected chi connectivity index (χ1v) is 10.8. The summed E-state index contributed by atoms with van der Waals surface area (Å²) in [6.07, 6.45) is 0.427. The quantitative estimate of drug-likeness (QED) is 0.337. The number of benzene rings is 3. The van der Waals surface area contributed by atoms with Gasteiger partial charge in [-0.05, 0) is 43.0 Å². The number of carboxylic acid groups (broad SMARTS) is 1. The lowest BCUT2D eigenvalue weighted by molar-refractivity contribution is -0.116. The van der Waals surface area contributed by atoms with Crippen molar-refractivity contribution in [2.75, 3.05) is 17.2 Å². The number of aliphatic hydroxyl groups is 1. The van der Waals surface area contributed by atoms with Crippen LogP contribution in [0.25, 0.3) is 11.1 Å². The number of rotatable bonds is 10. The number of carbonyl (C=O) groups is 2. The van der Waals surface area contributed by atoms with Gasteiger partial charge in [-0.1, -0.05) is 48.5 Å². The Hall–Kier alpha value is -3.84. The maximum Gasteiger partial charge on any atom is 0.409 e. The standard InChI is InChI=1S/C26H28N2O5/c1-2-33-24-16-21(13-12-20(24)17-29)27-25(30)10-6-7-18-11-14-22(19-8-4-3-5-9-19)23(15-18)28-26(31)32/h3-5,8-9,11-16,28-29H,2,6-7,10,17H2,1H3,(H,27,30)(H,31,32). The minimum absolute atomic E-state index is 0.126. The predicted molar refractivity (Wildman–Crippen MR) is 129 cm³/mol. The summed E-state index contributed by atoms with van der Waals surface area (Å²) in [6.45, 7) is 2.19. The Morgan fingerprint density at radius 2 is 1.76 bits per heavy atom. The predicted octanol–water partition coefficient (Wildman–Crippen LogP) is 5.30. The Labute approximate surface area is 193 Å². The molecule has 0 saturated heterocycles. The van der Waals surface area contributed by atoms with Crippen LogP contribution in [0.2, 0.25) is 0 Å². The summed E-state index contributed by atoms with van der Waals surface area (Å²) >= 11 is 0. The van der Waals surface area contributed by atoms with Crippen LogP contribution in [-0.2, 0) is 17.8 Å². The molecule has 0 aliphatic carbocycles. The fraction of sp³-hybridized carbons (Fsp3) is 0.231. The van der Waals surface area contributed by atoms with Gasteiger partial charge >= 0.3 is 6.09 Å². The molecule has 7 nitrogen and oxygen atoms in total. The van der Waals surface area contributed by atoms with Crippen molar-refractivity contribution in [1.82, 2.24) is 0 Å². The van der Waals surface area contributed by atoms with E-state index in [2.05, 4.69) is 10.6 Å². The van der Waals surface area contributed by atoms with Crippen LogP contribution in [0, 0.1) is 0 Å². The molecule has 33 heavy (non-hydrogen) atoms. The van der Waals surface area contributed by atoms with Gasteiger partial charge in [-0.25, -0.2) is 4.79 Å². The molecule has 0 fully saturated rings. The Morgan fingerprint density at radius 3 is 2.45 bits per heavy atom. The van der Waals surface area contributed by atoms with Gasteiger partial charge in [-0.15, -0.1) is 0 Å². The Balaban J connectivity index is 1.61. The van der Waals surface area contributed by atoms with Crippen LogP contribution >= 0.6 is 0 Å². The number of amides is 2. The molecular weight excluding hydrogens is 420 g/mol. The monoisotopic (exact) mass is 448 g/mol. The van der Waals surface area contributed by atoms with E-state index in [4.69, 9.17) is 4.74 Å². The topological polar surface area (TPSA) is 108 Å². The molecule has 4 N–H and O–H groups in total. The Kier molecular flexibility index (Phi) is 8.43. The zero-order valence-electron chi connectivity index (χ0n) is 18.5. The third-order valence-corrected chi connectivity index (χ3v) is 5.10. The molecular formula is C26H28N2O5. The second-order valence-electron chi connectivity index (χ2n) is 7.49. The Bertz CT molecular complexity index is 1100. The maximum atomic E-state index is 12.4. The molecule has 3 aromatic rings. The molecule has 0 radical (unpaired) electrons. The fourth-order valence-electron chi connectivity index (χ4n) is 3.56. The third-order valence-electron chi connectivity index (χ3n) is 5.10. The van der Waals surface area contributed by atoms with Crippen LogP contribution in [0.4, 0.5) is 16.2 Å². The molecule has 0 atom stereocenters. The van der Waals surface area contributed by atoms with E-state index in [-0.39, 0.29) is 12.5 Å². The van der Waals surface area contributed by atoms with E-state index in [1.54, 1.807) is 18.2 Å². The van der Waals surface area contributed by atoms with Crippen LogP contribution in [0.15, 0.2) is 66.7 Å². The molecule has 0 aliphatic rings. The largest absolute Gasteiger partial charge is 0.493 e. The van der Waals surface area contributed by atoms with Crippen molar-refractivity contribution in [2.24, 2.45) is 0 Å². The van der Waals surface area contributed by atoms with E-state index in [1.807, 2.05) is 55.5 Å². The summed E-state index contributed by atoms with van der Waals surface area (Å²) < 4.78 is 5.51. The van der Waals surface area contributed by atoms with Gasteiger partial charge in [0.1, 0.15) is 5.75 Å². The normalized spacial score (nSPS) is 10.5. The second kappa shape index (κ2) is 11.7. The Morgan fingerprint density at radius 1 is 0.970 bits per heavy atom. The van der Waals surface area contributed by atoms with Gasteiger partial charge in [0.2, 0.25) is 5.91 Å². The number of aryl methyl sites for hydroxylation is 1. The van der Waals surface area contributed by atoms with Gasteiger partial charge in [0.05, 0.1) is 18.9 Å². The zero-order valence-corrected chi connectivity index (χ0v) is 18.5. The average Bonchev–Trinajstić information content (AvgIpc) is 2.80. The summed E-state index contributed by atoms with van der Waals surface area (Å²) in [4.78, 5) is 23.6. The lowest BCUT2D eigenvalue weighted by Crippen LogP contribution is -2.12. The molecule has 7 heteroatoms. The summed E-state index contributed by atoms with van der Waals surface area (Å²) in [5.41, 5.74) is 4.46. The van der Waals surface area contributed by atoms with E-state index in [0.717, 1.165) is 16.7 Å². The third kappa shape index (κ3) is 6.82. The minimum atomic E-state index is -1.12. The summed E-state index contributed by atoms with van der Waals surface area (Å²) in [5.74, 6) is 0.425. The van der Waals surface area contributed by atoms with Gasteiger partial charge in [0.25, 0.3) is 0 Å². The maximum absolute atomic E-state index is 12.4. The van der Waals surface area contributed by atoms with Gasteiger partial charge in [0, 0.05) is 29.3 Å². The molecule has 3 rings (SSSR count). The highest BCUT2D eigenvalue weighted by molar-refractivity contribution is 5.91. The summed E-state index contributed by atoms with van der Waals surface area (Å²) in [6, 6.07) is 20.4. The molecule has 0 unspecified atom stereocenters. The van der Waals surface area contributed by atoms with Crippen molar-refractivity contribution >= 4 is 23.4 Å². The van der Waals surface area contributed by atoms with Crippen LogP contribution in [-0.4, -0.2) is 28.8 Å². The van der Waals surface area contributed by atoms with Crippen LogP contribution in [0.1, 0.15) is 30.9 Å². The first-order valence-electron chi connectivity index (χ1n) is 10.8. The highest BCUT2D eigenvalue weighted by Crippen LogP contribution is 2.29. The van der Waals surface area contributed by atoms with Crippen molar-refractivity contribution in [3.05, 3.63) is 77.9 Å². The molecule has 0 spiro atoms. The number of anilines is 2. The van der Waals surface area contributed by atoms with Crippen LogP contribution in [0.5, 0.6) is 5.75 Å². The molecule has 3 aromatic carbocycles. The number of carbonyl (C=O) groups excluding carboxylic acids is 1. The molecule has 0 aromatic heterocycles. The van der Waals surface area contributed by atoms with E-state index >= 15 is 0 Å². The van der Waals surface area contributed by atoms with Gasteiger partial charge in [-0.2, -0.15) is 0 Å². The number of ether oxygens (including phenoxy) is 1. The SMILES string of the molecule is CCOc1cc(NC(=O)CCCc2ccc(-c3ccccc3)c(NC(=O)O)c2)ccc1CO. The lowest BCUT2D eigenvalue weighted by Gasteiger charge is -2.13. The molecule has 0 heterocycles. The van der Waals surface area contributed by atoms with Crippen molar-refractivity contribution < 1.29 is 24.5 Å².